The van der Waals surface area contributed by atoms with Gasteiger partial charge in [-0.2, -0.15) is 0 Å². The summed E-state index contributed by atoms with van der Waals surface area (Å²) in [7, 11) is 0. The van der Waals surface area contributed by atoms with Gasteiger partial charge in [-0.1, -0.05) is 0 Å². The van der Waals surface area contributed by atoms with Gasteiger partial charge in [0, 0.05) is 26.2 Å². The highest BCUT2D eigenvalue weighted by atomic mass is 16.6. The molecule has 0 aromatic rings. The number of likely N-dealkylation sites (tertiary alicyclic amines) is 1. The number of carbonyl (C=O) groups excluding carboxylic acids is 1. The lowest BCUT2D eigenvalue weighted by atomic mass is 9.95. The maximum Gasteiger partial charge on any atom is 0.410 e. The van der Waals surface area contributed by atoms with Crippen molar-refractivity contribution in [3.05, 3.63) is 0 Å². The molecule has 23 heavy (non-hydrogen) atoms. The van der Waals surface area contributed by atoms with Crippen molar-refractivity contribution in [2.75, 3.05) is 39.4 Å². The van der Waals surface area contributed by atoms with E-state index in [1.807, 2.05) is 25.7 Å². The van der Waals surface area contributed by atoms with E-state index in [-0.39, 0.29) is 6.09 Å². The van der Waals surface area contributed by atoms with Crippen molar-refractivity contribution in [2.24, 2.45) is 11.8 Å². The Morgan fingerprint density at radius 2 is 2.04 bits per heavy atom. The van der Waals surface area contributed by atoms with Crippen LogP contribution in [-0.2, 0) is 9.47 Å². The van der Waals surface area contributed by atoms with Crippen LogP contribution >= 0.6 is 0 Å². The topological polar surface area (TPSA) is 50.8 Å². The molecule has 2 unspecified atom stereocenters. The zero-order valence-electron chi connectivity index (χ0n) is 15.1. The van der Waals surface area contributed by atoms with Crippen LogP contribution in [0.15, 0.2) is 0 Å². The molecule has 2 heterocycles. The van der Waals surface area contributed by atoms with Gasteiger partial charge in [-0.3, -0.25) is 0 Å². The number of piperidine rings is 1. The molecule has 2 fully saturated rings. The van der Waals surface area contributed by atoms with Crippen LogP contribution in [0, 0.1) is 11.8 Å². The Morgan fingerprint density at radius 1 is 1.26 bits per heavy atom. The molecular weight excluding hydrogens is 292 g/mol. The summed E-state index contributed by atoms with van der Waals surface area (Å²) in [4.78, 5) is 14.1. The summed E-state index contributed by atoms with van der Waals surface area (Å²) in [5.74, 6) is 1.26. The smallest absolute Gasteiger partial charge is 0.410 e. The quantitative estimate of drug-likeness (QED) is 0.789. The first-order valence-corrected chi connectivity index (χ1v) is 9.20. The lowest BCUT2D eigenvalue weighted by molar-refractivity contribution is 0.0161. The number of amides is 1. The van der Waals surface area contributed by atoms with Gasteiger partial charge in [0.15, 0.2) is 0 Å². The fraction of sp³-hybridized carbons (Fsp3) is 0.944. The SMILES string of the molecule is CC(C)(C)OC(=O)N1CCCC(CCNCC2CCCOC2)C1. The van der Waals surface area contributed by atoms with Crippen molar-refractivity contribution in [2.45, 2.75) is 58.5 Å². The molecule has 0 saturated carbocycles. The normalized spacial score (nSPS) is 26.1. The van der Waals surface area contributed by atoms with Gasteiger partial charge in [0.2, 0.25) is 0 Å². The molecule has 5 heteroatoms. The van der Waals surface area contributed by atoms with Gasteiger partial charge in [0.25, 0.3) is 0 Å². The molecule has 2 aliphatic rings. The minimum absolute atomic E-state index is 0.158. The van der Waals surface area contributed by atoms with Crippen LogP contribution in [0.1, 0.15) is 52.9 Å². The molecule has 1 N–H and O–H groups in total. The summed E-state index contributed by atoms with van der Waals surface area (Å²) >= 11 is 0. The summed E-state index contributed by atoms with van der Waals surface area (Å²) in [6.45, 7) is 11.4. The third-order valence-electron chi connectivity index (χ3n) is 4.59. The molecule has 2 saturated heterocycles. The maximum absolute atomic E-state index is 12.2. The van der Waals surface area contributed by atoms with Crippen molar-refractivity contribution < 1.29 is 14.3 Å². The standard InChI is InChI=1S/C18H34N2O3/c1-18(2,3)23-17(21)20-10-4-6-15(13-20)8-9-19-12-16-7-5-11-22-14-16/h15-16,19H,4-14H2,1-3H3. The second kappa shape index (κ2) is 8.88. The second-order valence-electron chi connectivity index (χ2n) is 8.01. The molecule has 0 radical (unpaired) electrons. The number of hydrogen-bond donors (Lipinski definition) is 1. The van der Waals surface area contributed by atoms with Crippen LogP contribution in [0.4, 0.5) is 4.79 Å². The van der Waals surface area contributed by atoms with Gasteiger partial charge in [-0.05, 0) is 71.3 Å². The average molecular weight is 326 g/mol. The molecule has 2 aliphatic heterocycles. The van der Waals surface area contributed by atoms with Crippen molar-refractivity contribution in [3.8, 4) is 0 Å². The molecule has 0 aromatic carbocycles. The largest absolute Gasteiger partial charge is 0.444 e. The first-order chi connectivity index (χ1) is 10.9. The van der Waals surface area contributed by atoms with E-state index in [0.717, 1.165) is 52.2 Å². The van der Waals surface area contributed by atoms with Crippen LogP contribution in [0.5, 0.6) is 0 Å². The van der Waals surface area contributed by atoms with Crippen LogP contribution in [0.25, 0.3) is 0 Å². The number of ether oxygens (including phenoxy) is 2. The van der Waals surface area contributed by atoms with Gasteiger partial charge in [0.1, 0.15) is 5.60 Å². The minimum Gasteiger partial charge on any atom is -0.444 e. The van der Waals surface area contributed by atoms with Gasteiger partial charge in [-0.15, -0.1) is 0 Å². The summed E-state index contributed by atoms with van der Waals surface area (Å²) in [5, 5.41) is 3.57. The van der Waals surface area contributed by atoms with Gasteiger partial charge in [0.05, 0.1) is 6.61 Å². The summed E-state index contributed by atoms with van der Waals surface area (Å²) < 4.78 is 11.0. The third kappa shape index (κ3) is 7.08. The van der Waals surface area contributed by atoms with Crippen LogP contribution in [0.3, 0.4) is 0 Å². The van der Waals surface area contributed by atoms with Crippen molar-refractivity contribution in [1.82, 2.24) is 10.2 Å². The number of nitrogens with zero attached hydrogens (tertiary/aromatic N) is 1. The molecule has 2 rings (SSSR count). The molecular formula is C18H34N2O3. The van der Waals surface area contributed by atoms with E-state index in [9.17, 15) is 4.79 Å². The van der Waals surface area contributed by atoms with E-state index >= 15 is 0 Å². The lowest BCUT2D eigenvalue weighted by Crippen LogP contribution is -2.43. The third-order valence-corrected chi connectivity index (χ3v) is 4.59. The van der Waals surface area contributed by atoms with E-state index in [0.29, 0.717) is 11.8 Å². The Balaban J connectivity index is 1.62. The van der Waals surface area contributed by atoms with Gasteiger partial charge < -0.3 is 19.7 Å². The fourth-order valence-electron chi connectivity index (χ4n) is 3.37. The Labute approximate surface area is 141 Å². The second-order valence-corrected chi connectivity index (χ2v) is 8.01. The molecule has 0 aromatic heterocycles. The van der Waals surface area contributed by atoms with E-state index in [1.54, 1.807) is 0 Å². The molecule has 5 nitrogen and oxygen atoms in total. The van der Waals surface area contributed by atoms with E-state index < -0.39 is 5.60 Å². The van der Waals surface area contributed by atoms with E-state index in [4.69, 9.17) is 9.47 Å². The number of rotatable bonds is 5. The highest BCUT2D eigenvalue weighted by Gasteiger charge is 2.27. The lowest BCUT2D eigenvalue weighted by Gasteiger charge is -2.34. The van der Waals surface area contributed by atoms with Crippen molar-refractivity contribution in [1.29, 1.82) is 0 Å². The average Bonchev–Trinajstić information content (AvgIpc) is 2.51. The number of hydrogen-bond acceptors (Lipinski definition) is 4. The molecule has 134 valence electrons. The summed E-state index contributed by atoms with van der Waals surface area (Å²) in [6, 6.07) is 0. The predicted octanol–water partition coefficient (Wildman–Crippen LogP) is 3.04. The summed E-state index contributed by atoms with van der Waals surface area (Å²) in [5.41, 5.74) is -0.409. The van der Waals surface area contributed by atoms with Crippen LogP contribution in [0.2, 0.25) is 0 Å². The Kier molecular flexibility index (Phi) is 7.15. The Hall–Kier alpha value is -0.810. The Morgan fingerprint density at radius 3 is 2.74 bits per heavy atom. The zero-order valence-corrected chi connectivity index (χ0v) is 15.1. The van der Waals surface area contributed by atoms with Gasteiger partial charge in [-0.25, -0.2) is 4.79 Å². The van der Waals surface area contributed by atoms with E-state index in [2.05, 4.69) is 5.32 Å². The molecule has 2 atom stereocenters. The number of nitrogens with one attached hydrogen (secondary N) is 1. The van der Waals surface area contributed by atoms with Crippen LogP contribution in [-0.4, -0.2) is 56.0 Å². The highest BCUT2D eigenvalue weighted by molar-refractivity contribution is 5.68. The first kappa shape index (κ1) is 18.5. The Bertz CT molecular complexity index is 362. The minimum atomic E-state index is -0.409. The first-order valence-electron chi connectivity index (χ1n) is 9.20. The highest BCUT2D eigenvalue weighted by Crippen LogP contribution is 2.21. The number of carbonyl (C=O) groups is 1. The van der Waals surface area contributed by atoms with Gasteiger partial charge >= 0.3 is 6.09 Å². The molecule has 0 aliphatic carbocycles. The fourth-order valence-corrected chi connectivity index (χ4v) is 3.37. The van der Waals surface area contributed by atoms with Crippen LogP contribution < -0.4 is 5.32 Å². The molecule has 1 amide bonds. The molecule has 0 spiro atoms. The van der Waals surface area contributed by atoms with Crippen molar-refractivity contribution >= 4 is 6.09 Å². The predicted molar refractivity (Wildman–Crippen MR) is 91.6 cm³/mol. The van der Waals surface area contributed by atoms with Crippen molar-refractivity contribution in [3.63, 3.8) is 0 Å². The maximum atomic E-state index is 12.2. The van der Waals surface area contributed by atoms with E-state index in [1.165, 1.54) is 19.3 Å². The summed E-state index contributed by atoms with van der Waals surface area (Å²) in [6.07, 6.45) is 5.75. The monoisotopic (exact) mass is 326 g/mol. The zero-order chi connectivity index (χ0) is 16.7. The molecule has 0 bridgehead atoms.